The number of carbonyl (C=O) groups excluding carboxylic acids is 2. The van der Waals surface area contributed by atoms with Gasteiger partial charge in [0.05, 0.1) is 19.6 Å². The number of rotatable bonds is 5. The summed E-state index contributed by atoms with van der Waals surface area (Å²) in [4.78, 5) is 25.4. The third-order valence-electron chi connectivity index (χ3n) is 3.62. The van der Waals surface area contributed by atoms with Gasteiger partial charge in [0, 0.05) is 18.8 Å². The quantitative estimate of drug-likeness (QED) is 0.775. The van der Waals surface area contributed by atoms with Crippen LogP contribution in [0.15, 0.2) is 24.3 Å². The second-order valence-electron chi connectivity index (χ2n) is 5.20. The number of likely N-dealkylation sites (tertiary alicyclic amines) is 1. The highest BCUT2D eigenvalue weighted by atomic mass is 16.5. The highest BCUT2D eigenvalue weighted by molar-refractivity contribution is 5.92. The Labute approximate surface area is 124 Å². The lowest BCUT2D eigenvalue weighted by atomic mass is 10.1. The van der Waals surface area contributed by atoms with E-state index in [1.807, 2.05) is 29.2 Å². The minimum absolute atomic E-state index is 0.0883. The van der Waals surface area contributed by atoms with Crippen molar-refractivity contribution in [2.24, 2.45) is 11.7 Å². The number of benzene rings is 1. The Bertz CT molecular complexity index is 519. The van der Waals surface area contributed by atoms with E-state index in [2.05, 4.69) is 5.32 Å². The summed E-state index contributed by atoms with van der Waals surface area (Å²) in [6.07, 6.45) is 0.739. The number of nitrogens with two attached hydrogens (primary N) is 1. The van der Waals surface area contributed by atoms with Gasteiger partial charge in [0.25, 0.3) is 0 Å². The number of amides is 1. The molecule has 1 aromatic rings. The normalized spacial score (nSPS) is 18.5. The van der Waals surface area contributed by atoms with Crippen LogP contribution in [-0.4, -0.2) is 43.5 Å². The summed E-state index contributed by atoms with van der Waals surface area (Å²) >= 11 is 0. The monoisotopic (exact) mass is 291 g/mol. The van der Waals surface area contributed by atoms with Gasteiger partial charge in [-0.1, -0.05) is 12.1 Å². The molecule has 0 aromatic heterocycles. The average molecular weight is 291 g/mol. The Morgan fingerprint density at radius 3 is 3.00 bits per heavy atom. The first-order valence-electron chi connectivity index (χ1n) is 7.01. The first kappa shape index (κ1) is 15.5. The van der Waals surface area contributed by atoms with Gasteiger partial charge in [-0.2, -0.15) is 0 Å². The van der Waals surface area contributed by atoms with Gasteiger partial charge in [-0.15, -0.1) is 0 Å². The van der Waals surface area contributed by atoms with E-state index in [1.165, 1.54) is 7.11 Å². The molecule has 3 N–H and O–H groups in total. The maximum atomic E-state index is 12.0. The van der Waals surface area contributed by atoms with E-state index < -0.39 is 0 Å². The van der Waals surface area contributed by atoms with Crippen LogP contribution >= 0.6 is 0 Å². The molecule has 114 valence electrons. The van der Waals surface area contributed by atoms with Gasteiger partial charge in [0.15, 0.2) is 0 Å². The molecule has 1 saturated heterocycles. The van der Waals surface area contributed by atoms with E-state index in [4.69, 9.17) is 10.5 Å². The zero-order valence-corrected chi connectivity index (χ0v) is 12.2. The zero-order chi connectivity index (χ0) is 15.2. The standard InChI is InChI=1S/C15H21N3O3/c1-21-15(20)12-5-6-18(9-12)10-14(19)17-13-4-2-3-11(7-13)8-16/h2-4,7,12H,5-6,8-10,16H2,1H3,(H,17,19). The predicted molar refractivity (Wildman–Crippen MR) is 79.5 cm³/mol. The number of nitrogens with one attached hydrogen (secondary N) is 1. The molecule has 6 nitrogen and oxygen atoms in total. The Balaban J connectivity index is 1.83. The molecule has 1 amide bonds. The molecule has 0 spiro atoms. The minimum Gasteiger partial charge on any atom is -0.469 e. The number of ether oxygens (including phenoxy) is 1. The van der Waals surface area contributed by atoms with Crippen LogP contribution in [0.4, 0.5) is 5.69 Å². The predicted octanol–water partition coefficient (Wildman–Crippen LogP) is 0.579. The molecule has 1 aromatic carbocycles. The van der Waals surface area contributed by atoms with E-state index in [0.29, 0.717) is 13.1 Å². The van der Waals surface area contributed by atoms with Crippen LogP contribution in [0.1, 0.15) is 12.0 Å². The van der Waals surface area contributed by atoms with Crippen molar-refractivity contribution in [2.75, 3.05) is 32.1 Å². The molecule has 21 heavy (non-hydrogen) atoms. The SMILES string of the molecule is COC(=O)C1CCN(CC(=O)Nc2cccc(CN)c2)C1. The van der Waals surface area contributed by atoms with Crippen LogP contribution < -0.4 is 11.1 Å². The van der Waals surface area contributed by atoms with Crippen LogP contribution in [0.5, 0.6) is 0 Å². The number of esters is 1. The van der Waals surface area contributed by atoms with E-state index >= 15 is 0 Å². The van der Waals surface area contributed by atoms with E-state index in [1.54, 1.807) is 0 Å². The average Bonchev–Trinajstić information content (AvgIpc) is 2.94. The smallest absolute Gasteiger partial charge is 0.310 e. The topological polar surface area (TPSA) is 84.7 Å². The highest BCUT2D eigenvalue weighted by Gasteiger charge is 2.29. The molecule has 1 atom stereocenters. The fourth-order valence-electron chi connectivity index (χ4n) is 2.51. The largest absolute Gasteiger partial charge is 0.469 e. The Morgan fingerprint density at radius 2 is 2.29 bits per heavy atom. The van der Waals surface area contributed by atoms with Crippen LogP contribution in [0, 0.1) is 5.92 Å². The fourth-order valence-corrected chi connectivity index (χ4v) is 2.51. The van der Waals surface area contributed by atoms with Crippen molar-refractivity contribution in [2.45, 2.75) is 13.0 Å². The van der Waals surface area contributed by atoms with Crippen LogP contribution in [0.2, 0.25) is 0 Å². The summed E-state index contributed by atoms with van der Waals surface area (Å²) in [5, 5.41) is 2.85. The molecule has 1 unspecified atom stereocenters. The Morgan fingerprint density at radius 1 is 1.48 bits per heavy atom. The molecule has 0 radical (unpaired) electrons. The molecule has 1 fully saturated rings. The molecule has 1 aliphatic heterocycles. The van der Waals surface area contributed by atoms with Crippen LogP contribution in [-0.2, 0) is 20.9 Å². The summed E-state index contributed by atoms with van der Waals surface area (Å²) < 4.78 is 4.73. The maximum absolute atomic E-state index is 12.0. The van der Waals surface area contributed by atoms with Crippen molar-refractivity contribution in [1.29, 1.82) is 0 Å². The van der Waals surface area contributed by atoms with Crippen LogP contribution in [0.3, 0.4) is 0 Å². The molecule has 0 saturated carbocycles. The van der Waals surface area contributed by atoms with Crippen molar-refractivity contribution < 1.29 is 14.3 Å². The summed E-state index contributed by atoms with van der Waals surface area (Å²) in [7, 11) is 1.39. The lowest BCUT2D eigenvalue weighted by molar-refractivity contribution is -0.145. The molecular formula is C15H21N3O3. The van der Waals surface area contributed by atoms with Gasteiger partial charge in [-0.05, 0) is 30.7 Å². The third-order valence-corrected chi connectivity index (χ3v) is 3.62. The third kappa shape index (κ3) is 4.27. The maximum Gasteiger partial charge on any atom is 0.310 e. The Hall–Kier alpha value is -1.92. The summed E-state index contributed by atoms with van der Waals surface area (Å²) in [6, 6.07) is 7.47. The van der Waals surface area contributed by atoms with Crippen molar-refractivity contribution in [3.8, 4) is 0 Å². The van der Waals surface area contributed by atoms with Gasteiger partial charge in [-0.3, -0.25) is 14.5 Å². The molecule has 0 aliphatic carbocycles. The summed E-state index contributed by atoms with van der Waals surface area (Å²) in [6.45, 7) is 2.02. The van der Waals surface area contributed by atoms with Gasteiger partial charge in [-0.25, -0.2) is 0 Å². The number of nitrogens with zero attached hydrogens (tertiary/aromatic N) is 1. The number of hydrogen-bond donors (Lipinski definition) is 2. The lowest BCUT2D eigenvalue weighted by Gasteiger charge is -2.15. The number of hydrogen-bond acceptors (Lipinski definition) is 5. The molecule has 1 heterocycles. The van der Waals surface area contributed by atoms with E-state index in [9.17, 15) is 9.59 Å². The van der Waals surface area contributed by atoms with Gasteiger partial charge in [0.1, 0.15) is 0 Å². The van der Waals surface area contributed by atoms with E-state index in [-0.39, 0.29) is 24.3 Å². The number of methoxy groups -OCH3 is 1. The zero-order valence-electron chi connectivity index (χ0n) is 12.2. The molecule has 2 rings (SSSR count). The van der Waals surface area contributed by atoms with Gasteiger partial charge in [0.2, 0.25) is 5.91 Å². The molecule has 0 bridgehead atoms. The van der Waals surface area contributed by atoms with Crippen molar-refractivity contribution in [1.82, 2.24) is 4.90 Å². The van der Waals surface area contributed by atoms with Gasteiger partial charge < -0.3 is 15.8 Å². The highest BCUT2D eigenvalue weighted by Crippen LogP contribution is 2.17. The van der Waals surface area contributed by atoms with Crippen molar-refractivity contribution >= 4 is 17.6 Å². The second kappa shape index (κ2) is 7.19. The molecule has 6 heteroatoms. The molecular weight excluding hydrogens is 270 g/mol. The molecule has 1 aliphatic rings. The van der Waals surface area contributed by atoms with Crippen LogP contribution in [0.25, 0.3) is 0 Å². The number of carbonyl (C=O) groups is 2. The van der Waals surface area contributed by atoms with Gasteiger partial charge >= 0.3 is 5.97 Å². The van der Waals surface area contributed by atoms with Crippen molar-refractivity contribution in [3.63, 3.8) is 0 Å². The first-order chi connectivity index (χ1) is 10.1. The second-order valence-corrected chi connectivity index (χ2v) is 5.20. The number of anilines is 1. The first-order valence-corrected chi connectivity index (χ1v) is 7.01. The summed E-state index contributed by atoms with van der Waals surface area (Å²) in [5.41, 5.74) is 7.29. The lowest BCUT2D eigenvalue weighted by Crippen LogP contribution is -2.32. The van der Waals surface area contributed by atoms with E-state index in [0.717, 1.165) is 24.2 Å². The van der Waals surface area contributed by atoms with Crippen molar-refractivity contribution in [3.05, 3.63) is 29.8 Å². The fraction of sp³-hybridized carbons (Fsp3) is 0.467. The Kier molecular flexibility index (Phi) is 5.30. The minimum atomic E-state index is -0.200. The summed E-state index contributed by atoms with van der Waals surface area (Å²) in [5.74, 6) is -0.411.